The monoisotopic (exact) mass is 352 g/mol. The molecule has 0 fully saturated rings. The van der Waals surface area contributed by atoms with E-state index in [4.69, 9.17) is 19.1 Å². The van der Waals surface area contributed by atoms with Crippen molar-refractivity contribution in [1.29, 1.82) is 0 Å². The summed E-state index contributed by atoms with van der Waals surface area (Å²) in [4.78, 5) is 13.9. The van der Waals surface area contributed by atoms with Crippen LogP contribution in [0.15, 0.2) is 52.1 Å². The van der Waals surface area contributed by atoms with Gasteiger partial charge in [0.2, 0.25) is 11.9 Å². The van der Waals surface area contributed by atoms with Crippen LogP contribution in [0.4, 0.5) is 5.95 Å². The molecule has 8 heteroatoms. The van der Waals surface area contributed by atoms with Crippen LogP contribution in [0.3, 0.4) is 0 Å². The van der Waals surface area contributed by atoms with Crippen LogP contribution in [0.5, 0.6) is 0 Å². The van der Waals surface area contributed by atoms with Crippen molar-refractivity contribution in [1.82, 2.24) is 19.8 Å². The zero-order chi connectivity index (χ0) is 17.5. The molecule has 0 bridgehead atoms. The highest BCUT2D eigenvalue weighted by Crippen LogP contribution is 2.33. The average molecular weight is 352 g/mol. The predicted molar refractivity (Wildman–Crippen MR) is 97.9 cm³/mol. The Labute approximate surface area is 150 Å². The molecule has 1 atom stereocenters. The van der Waals surface area contributed by atoms with Gasteiger partial charge in [-0.05, 0) is 24.3 Å². The van der Waals surface area contributed by atoms with E-state index >= 15 is 0 Å². The van der Waals surface area contributed by atoms with Crippen molar-refractivity contribution in [2.24, 2.45) is 4.99 Å². The Morgan fingerprint density at radius 1 is 1.27 bits per heavy atom. The molecule has 2 aliphatic rings. The van der Waals surface area contributed by atoms with Crippen LogP contribution < -0.4 is 10.2 Å². The first kappa shape index (κ1) is 15.4. The first-order chi connectivity index (χ1) is 12.8. The first-order valence-electron chi connectivity index (χ1n) is 8.65. The van der Waals surface area contributed by atoms with Gasteiger partial charge in [0.05, 0.1) is 37.2 Å². The summed E-state index contributed by atoms with van der Waals surface area (Å²) >= 11 is 0. The molecule has 0 radical (unpaired) electrons. The molecule has 2 aromatic heterocycles. The zero-order valence-corrected chi connectivity index (χ0v) is 14.5. The van der Waals surface area contributed by atoms with Crippen LogP contribution in [0.2, 0.25) is 0 Å². The van der Waals surface area contributed by atoms with Crippen molar-refractivity contribution in [2.45, 2.75) is 6.17 Å². The van der Waals surface area contributed by atoms with Crippen LogP contribution in [-0.4, -0.2) is 54.0 Å². The third kappa shape index (κ3) is 2.38. The van der Waals surface area contributed by atoms with E-state index in [0.29, 0.717) is 19.9 Å². The normalized spacial score (nSPS) is 19.8. The average Bonchev–Trinajstić information content (AvgIpc) is 3.34. The maximum absolute atomic E-state index is 5.69. The van der Waals surface area contributed by atoms with Crippen LogP contribution in [0, 0.1) is 0 Å². The number of hydrogen-bond acceptors (Lipinski definition) is 7. The summed E-state index contributed by atoms with van der Waals surface area (Å²) in [6.45, 7) is 2.85. The second-order valence-electron chi connectivity index (χ2n) is 6.41. The lowest BCUT2D eigenvalue weighted by atomic mass is 10.2. The molecule has 3 aromatic rings. The lowest BCUT2D eigenvalue weighted by molar-refractivity contribution is 0.147. The van der Waals surface area contributed by atoms with Crippen molar-refractivity contribution in [3.8, 4) is 0 Å². The highest BCUT2D eigenvalue weighted by atomic mass is 16.5. The van der Waals surface area contributed by atoms with E-state index in [2.05, 4.69) is 25.8 Å². The third-order valence-corrected chi connectivity index (χ3v) is 4.78. The van der Waals surface area contributed by atoms with Crippen molar-refractivity contribution < 1.29 is 9.15 Å². The Hall–Kier alpha value is -2.84. The van der Waals surface area contributed by atoms with Gasteiger partial charge in [-0.15, -0.1) is 0 Å². The van der Waals surface area contributed by atoms with E-state index in [1.54, 1.807) is 13.4 Å². The van der Waals surface area contributed by atoms with E-state index in [1.165, 1.54) is 0 Å². The molecule has 0 spiro atoms. The van der Waals surface area contributed by atoms with Crippen LogP contribution >= 0.6 is 0 Å². The summed E-state index contributed by atoms with van der Waals surface area (Å²) in [6, 6.07) is 12.0. The molecule has 8 nitrogen and oxygen atoms in total. The fourth-order valence-corrected chi connectivity index (χ4v) is 3.52. The molecule has 1 N–H and O–H groups in total. The van der Waals surface area contributed by atoms with Gasteiger partial charge >= 0.3 is 0 Å². The molecule has 0 unspecified atom stereocenters. The fourth-order valence-electron chi connectivity index (χ4n) is 3.52. The summed E-state index contributed by atoms with van der Waals surface area (Å²) in [5, 5.41) is 3.52. The van der Waals surface area contributed by atoms with E-state index in [-0.39, 0.29) is 6.17 Å². The number of nitrogens with zero attached hydrogens (tertiary/aromatic N) is 5. The molecule has 0 amide bonds. The molecule has 2 aliphatic heterocycles. The summed E-state index contributed by atoms with van der Waals surface area (Å²) in [7, 11) is 1.72. The molecule has 0 saturated heterocycles. The second-order valence-corrected chi connectivity index (χ2v) is 6.41. The number of imidazole rings is 1. The van der Waals surface area contributed by atoms with Crippen molar-refractivity contribution in [2.75, 3.05) is 38.5 Å². The Balaban J connectivity index is 1.62. The van der Waals surface area contributed by atoms with Gasteiger partial charge in [-0.1, -0.05) is 12.1 Å². The Bertz CT molecular complexity index is 948. The molecular weight excluding hydrogens is 332 g/mol. The van der Waals surface area contributed by atoms with E-state index < -0.39 is 0 Å². The van der Waals surface area contributed by atoms with E-state index in [0.717, 1.165) is 35.2 Å². The van der Waals surface area contributed by atoms with Crippen LogP contribution in [0.25, 0.3) is 11.0 Å². The predicted octanol–water partition coefficient (Wildman–Crippen LogP) is 1.82. The number of rotatable bonds is 4. The first-order valence-corrected chi connectivity index (χ1v) is 8.65. The van der Waals surface area contributed by atoms with Gasteiger partial charge in [0, 0.05) is 13.7 Å². The van der Waals surface area contributed by atoms with Gasteiger partial charge in [0.25, 0.3) is 0 Å². The molecule has 5 rings (SSSR count). The maximum Gasteiger partial charge on any atom is 0.216 e. The number of para-hydroxylation sites is 2. The van der Waals surface area contributed by atoms with Crippen molar-refractivity contribution >= 4 is 22.9 Å². The molecular formula is C18H20N6O2. The lowest BCUT2D eigenvalue weighted by Gasteiger charge is -2.41. The van der Waals surface area contributed by atoms with Gasteiger partial charge < -0.3 is 14.5 Å². The highest BCUT2D eigenvalue weighted by Gasteiger charge is 2.36. The maximum atomic E-state index is 5.69. The van der Waals surface area contributed by atoms with Gasteiger partial charge in [-0.2, -0.15) is 0 Å². The van der Waals surface area contributed by atoms with Gasteiger partial charge in [-0.25, -0.2) is 9.98 Å². The second kappa shape index (κ2) is 6.15. The minimum Gasteiger partial charge on any atom is -0.465 e. The van der Waals surface area contributed by atoms with Crippen LogP contribution in [0.1, 0.15) is 11.9 Å². The number of methoxy groups -OCH3 is 1. The smallest absolute Gasteiger partial charge is 0.216 e. The minimum absolute atomic E-state index is 0.173. The molecule has 0 aliphatic carbocycles. The van der Waals surface area contributed by atoms with Gasteiger partial charge in [0.1, 0.15) is 5.76 Å². The number of fused-ring (bicyclic) bond motifs is 5. The van der Waals surface area contributed by atoms with Gasteiger partial charge in [0.15, 0.2) is 6.17 Å². The minimum atomic E-state index is -0.173. The topological polar surface area (TPSA) is 71.1 Å². The number of aliphatic imine (C=N–C) groups is 1. The zero-order valence-electron chi connectivity index (χ0n) is 14.5. The number of anilines is 1. The third-order valence-electron chi connectivity index (χ3n) is 4.78. The number of guanidine groups is 1. The van der Waals surface area contributed by atoms with Crippen molar-refractivity contribution in [3.63, 3.8) is 0 Å². The largest absolute Gasteiger partial charge is 0.465 e. The Morgan fingerprint density at radius 3 is 3.04 bits per heavy atom. The lowest BCUT2D eigenvalue weighted by Crippen LogP contribution is -2.57. The van der Waals surface area contributed by atoms with E-state index in [9.17, 15) is 0 Å². The SMILES string of the molecule is COCCN1CN=C2N[C@H](c3ccco3)n3c(nc4ccccc43)N2C1. The molecule has 134 valence electrons. The number of aromatic nitrogens is 2. The number of nitrogens with one attached hydrogen (secondary N) is 1. The molecule has 0 saturated carbocycles. The van der Waals surface area contributed by atoms with E-state index in [1.807, 2.05) is 30.3 Å². The molecule has 26 heavy (non-hydrogen) atoms. The molecule has 1 aromatic carbocycles. The quantitative estimate of drug-likeness (QED) is 0.772. The summed E-state index contributed by atoms with van der Waals surface area (Å²) in [5.41, 5.74) is 2.01. The standard InChI is InChI=1S/C18H20N6O2/c1-25-10-8-22-11-19-17-21-16(15-7-4-9-26-15)24-14-6-3-2-5-13(14)20-18(24)23(17)12-22/h2-7,9,16H,8,10-12H2,1H3,(H,19,21)/t16-/m0/s1. The highest BCUT2D eigenvalue weighted by molar-refractivity contribution is 5.98. The summed E-state index contributed by atoms with van der Waals surface area (Å²) in [5.74, 6) is 2.52. The number of furan rings is 1. The number of ether oxygens (including phenoxy) is 1. The number of benzene rings is 1. The van der Waals surface area contributed by atoms with Gasteiger partial charge in [-0.3, -0.25) is 14.4 Å². The fraction of sp³-hybridized carbons (Fsp3) is 0.333. The van der Waals surface area contributed by atoms with Crippen LogP contribution in [-0.2, 0) is 4.74 Å². The Morgan fingerprint density at radius 2 is 2.19 bits per heavy atom. The summed E-state index contributed by atoms with van der Waals surface area (Å²) < 4.78 is 13.1. The van der Waals surface area contributed by atoms with Crippen molar-refractivity contribution in [3.05, 3.63) is 48.4 Å². The Kier molecular flexibility index (Phi) is 3.65. The number of hydrogen-bond donors (Lipinski definition) is 1. The summed E-state index contributed by atoms with van der Waals surface area (Å²) in [6.07, 6.45) is 1.52. The molecule has 4 heterocycles.